The van der Waals surface area contributed by atoms with E-state index in [1.165, 1.54) is 0 Å². The second-order valence-electron chi connectivity index (χ2n) is 4.18. The zero-order valence-corrected chi connectivity index (χ0v) is 10.7. The van der Waals surface area contributed by atoms with E-state index in [-0.39, 0.29) is 11.4 Å². The molecule has 90 valence electrons. The Hall–Kier alpha value is -0.260. The van der Waals surface area contributed by atoms with E-state index in [4.69, 9.17) is 10.5 Å². The molecule has 0 saturated heterocycles. The van der Waals surface area contributed by atoms with Crippen LogP contribution in [0.1, 0.15) is 20.3 Å². The number of thioether (sulfide) groups is 1. The van der Waals surface area contributed by atoms with E-state index in [2.05, 4.69) is 5.32 Å². The highest BCUT2D eigenvalue weighted by atomic mass is 32.2. The number of amides is 1. The third kappa shape index (κ3) is 11.7. The van der Waals surface area contributed by atoms with Gasteiger partial charge in [-0.25, -0.2) is 0 Å². The zero-order chi connectivity index (χ0) is 11.7. The van der Waals surface area contributed by atoms with Crippen LogP contribution in [0.5, 0.6) is 0 Å². The summed E-state index contributed by atoms with van der Waals surface area (Å²) in [5.41, 5.74) is 5.58. The first-order chi connectivity index (χ1) is 6.95. The summed E-state index contributed by atoms with van der Waals surface area (Å²) in [6.07, 6.45) is 0.856. The smallest absolute Gasteiger partial charge is 0.229 e. The van der Waals surface area contributed by atoms with E-state index in [1.54, 1.807) is 18.9 Å². The number of hydrogen-bond donors (Lipinski definition) is 2. The highest BCUT2D eigenvalue weighted by molar-refractivity contribution is 8.00. The molecular weight excluding hydrogens is 212 g/mol. The fourth-order valence-corrected chi connectivity index (χ4v) is 1.82. The minimum Gasteiger partial charge on any atom is -0.385 e. The van der Waals surface area contributed by atoms with Crippen LogP contribution in [-0.2, 0) is 9.53 Å². The lowest BCUT2D eigenvalue weighted by Crippen LogP contribution is -2.35. The standard InChI is InChI=1S/C10H22N2O2S/c1-10(2,11)8-15-7-9(13)12-5-4-6-14-3/h4-8,11H2,1-3H3,(H,12,13). The summed E-state index contributed by atoms with van der Waals surface area (Å²) in [4.78, 5) is 11.3. The molecule has 0 aliphatic heterocycles. The van der Waals surface area contributed by atoms with Crippen molar-refractivity contribution in [2.24, 2.45) is 5.73 Å². The molecule has 3 N–H and O–H groups in total. The lowest BCUT2D eigenvalue weighted by Gasteiger charge is -2.17. The van der Waals surface area contributed by atoms with Crippen LogP contribution in [0.2, 0.25) is 0 Å². The maximum Gasteiger partial charge on any atom is 0.229 e. The van der Waals surface area contributed by atoms with Crippen LogP contribution in [0.25, 0.3) is 0 Å². The van der Waals surface area contributed by atoms with E-state index >= 15 is 0 Å². The molecule has 0 bridgehead atoms. The molecule has 5 heteroatoms. The second kappa shape index (κ2) is 7.96. The number of methoxy groups -OCH3 is 1. The van der Waals surface area contributed by atoms with E-state index in [1.807, 2.05) is 13.8 Å². The molecule has 0 aliphatic rings. The van der Waals surface area contributed by atoms with Crippen molar-refractivity contribution in [3.05, 3.63) is 0 Å². The molecule has 0 fully saturated rings. The molecule has 4 nitrogen and oxygen atoms in total. The summed E-state index contributed by atoms with van der Waals surface area (Å²) in [6, 6.07) is 0. The first-order valence-corrected chi connectivity index (χ1v) is 6.23. The minimum absolute atomic E-state index is 0.0698. The van der Waals surface area contributed by atoms with Gasteiger partial charge in [-0.05, 0) is 20.3 Å². The van der Waals surface area contributed by atoms with Gasteiger partial charge in [0.25, 0.3) is 0 Å². The van der Waals surface area contributed by atoms with Crippen molar-refractivity contribution < 1.29 is 9.53 Å². The molecule has 0 aromatic carbocycles. The van der Waals surface area contributed by atoms with Gasteiger partial charge < -0.3 is 15.8 Å². The summed E-state index contributed by atoms with van der Waals surface area (Å²) in [5.74, 6) is 1.34. The summed E-state index contributed by atoms with van der Waals surface area (Å²) in [5, 5.41) is 2.82. The van der Waals surface area contributed by atoms with Crippen molar-refractivity contribution in [3.63, 3.8) is 0 Å². The maximum atomic E-state index is 11.3. The number of hydrogen-bond acceptors (Lipinski definition) is 4. The highest BCUT2D eigenvalue weighted by Gasteiger charge is 2.11. The molecule has 0 unspecified atom stereocenters. The Morgan fingerprint density at radius 1 is 1.53 bits per heavy atom. The molecule has 1 amide bonds. The fourth-order valence-electron chi connectivity index (χ4n) is 0.902. The predicted octanol–water partition coefficient (Wildman–Crippen LogP) is 0.610. The summed E-state index contributed by atoms with van der Waals surface area (Å²) in [6.45, 7) is 5.27. The van der Waals surface area contributed by atoms with Crippen LogP contribution in [0.15, 0.2) is 0 Å². The third-order valence-electron chi connectivity index (χ3n) is 1.55. The van der Waals surface area contributed by atoms with Gasteiger partial charge in [0.15, 0.2) is 0 Å². The van der Waals surface area contributed by atoms with Gasteiger partial charge in [0.1, 0.15) is 0 Å². The Balaban J connectivity index is 3.34. The van der Waals surface area contributed by atoms with Crippen molar-refractivity contribution in [3.8, 4) is 0 Å². The first-order valence-electron chi connectivity index (χ1n) is 5.08. The third-order valence-corrected chi connectivity index (χ3v) is 2.97. The SMILES string of the molecule is COCCCNC(=O)CSCC(C)(C)N. The molecule has 0 atom stereocenters. The predicted molar refractivity (Wildman–Crippen MR) is 65.1 cm³/mol. The molecular formula is C10H22N2O2S. The molecule has 0 aromatic heterocycles. The van der Waals surface area contributed by atoms with E-state index in [0.717, 1.165) is 12.2 Å². The van der Waals surface area contributed by atoms with Crippen LogP contribution >= 0.6 is 11.8 Å². The van der Waals surface area contributed by atoms with Gasteiger partial charge in [-0.15, -0.1) is 0 Å². The maximum absolute atomic E-state index is 11.3. The van der Waals surface area contributed by atoms with Crippen molar-refractivity contribution >= 4 is 17.7 Å². The Morgan fingerprint density at radius 2 is 2.20 bits per heavy atom. The average molecular weight is 234 g/mol. The fraction of sp³-hybridized carbons (Fsp3) is 0.900. The zero-order valence-electron chi connectivity index (χ0n) is 9.84. The van der Waals surface area contributed by atoms with Crippen molar-refractivity contribution in [2.45, 2.75) is 25.8 Å². The molecule has 0 heterocycles. The average Bonchev–Trinajstić information content (AvgIpc) is 2.10. The minimum atomic E-state index is -0.207. The van der Waals surface area contributed by atoms with Gasteiger partial charge in [-0.3, -0.25) is 4.79 Å². The molecule has 0 aliphatic carbocycles. The first kappa shape index (κ1) is 14.7. The largest absolute Gasteiger partial charge is 0.385 e. The summed E-state index contributed by atoms with van der Waals surface area (Å²) < 4.78 is 4.88. The lowest BCUT2D eigenvalue weighted by atomic mass is 10.1. The van der Waals surface area contributed by atoms with E-state index < -0.39 is 0 Å². The molecule has 0 aromatic rings. The second-order valence-corrected chi connectivity index (χ2v) is 5.16. The Bertz CT molecular complexity index is 181. The molecule has 0 spiro atoms. The van der Waals surface area contributed by atoms with Crippen LogP contribution in [0.3, 0.4) is 0 Å². The Kier molecular flexibility index (Phi) is 7.82. The number of rotatable bonds is 8. The summed E-state index contributed by atoms with van der Waals surface area (Å²) in [7, 11) is 1.65. The van der Waals surface area contributed by atoms with E-state index in [9.17, 15) is 4.79 Å². The Labute approximate surface area is 96.3 Å². The summed E-state index contributed by atoms with van der Waals surface area (Å²) >= 11 is 1.56. The van der Waals surface area contributed by atoms with Crippen LogP contribution in [-0.4, -0.2) is 43.2 Å². The van der Waals surface area contributed by atoms with Crippen molar-refractivity contribution in [1.82, 2.24) is 5.32 Å². The topological polar surface area (TPSA) is 64.3 Å². The van der Waals surface area contributed by atoms with Crippen LogP contribution in [0, 0.1) is 0 Å². The van der Waals surface area contributed by atoms with Gasteiger partial charge in [0.2, 0.25) is 5.91 Å². The molecule has 0 saturated carbocycles. The van der Waals surface area contributed by atoms with E-state index in [0.29, 0.717) is 18.9 Å². The van der Waals surface area contributed by atoms with Gasteiger partial charge >= 0.3 is 0 Å². The number of nitrogens with two attached hydrogens (primary N) is 1. The van der Waals surface area contributed by atoms with Crippen LogP contribution < -0.4 is 11.1 Å². The number of carbonyl (C=O) groups is 1. The van der Waals surface area contributed by atoms with Crippen LogP contribution in [0.4, 0.5) is 0 Å². The monoisotopic (exact) mass is 234 g/mol. The number of carbonyl (C=O) groups excluding carboxylic acids is 1. The molecule has 0 rings (SSSR count). The van der Waals surface area contributed by atoms with Gasteiger partial charge in [-0.2, -0.15) is 11.8 Å². The van der Waals surface area contributed by atoms with Gasteiger partial charge in [0.05, 0.1) is 5.75 Å². The number of nitrogens with one attached hydrogen (secondary N) is 1. The van der Waals surface area contributed by atoms with Crippen molar-refractivity contribution in [1.29, 1.82) is 0 Å². The highest BCUT2D eigenvalue weighted by Crippen LogP contribution is 2.08. The normalized spacial score (nSPS) is 11.5. The quantitative estimate of drug-likeness (QED) is 0.604. The van der Waals surface area contributed by atoms with Gasteiger partial charge in [-0.1, -0.05) is 0 Å². The number of ether oxygens (including phenoxy) is 1. The molecule has 15 heavy (non-hydrogen) atoms. The molecule has 0 radical (unpaired) electrons. The van der Waals surface area contributed by atoms with Crippen molar-refractivity contribution in [2.75, 3.05) is 31.8 Å². The Morgan fingerprint density at radius 3 is 2.73 bits per heavy atom. The lowest BCUT2D eigenvalue weighted by molar-refractivity contribution is -0.118. The van der Waals surface area contributed by atoms with Gasteiger partial charge in [0, 0.05) is 31.6 Å².